The van der Waals surface area contributed by atoms with Crippen LogP contribution in [-0.4, -0.2) is 63.4 Å². The van der Waals surface area contributed by atoms with Crippen molar-refractivity contribution in [3.8, 4) is 0 Å². The van der Waals surface area contributed by atoms with Gasteiger partial charge in [-0.25, -0.2) is 20.3 Å². The number of hydrogen-bond donors (Lipinski definition) is 3. The van der Waals surface area contributed by atoms with Crippen LogP contribution in [0.3, 0.4) is 0 Å². The summed E-state index contributed by atoms with van der Waals surface area (Å²) in [6.07, 6.45) is 4.40. The Labute approximate surface area is 219 Å². The van der Waals surface area contributed by atoms with E-state index in [0.29, 0.717) is 44.6 Å². The van der Waals surface area contributed by atoms with Crippen molar-refractivity contribution >= 4 is 40.8 Å². The highest BCUT2D eigenvalue weighted by atomic mass is 16.2. The number of nitrogens with zero attached hydrogens (tertiary/aromatic N) is 4. The molecule has 2 aliphatic heterocycles. The lowest BCUT2D eigenvalue weighted by Gasteiger charge is -2.43. The Hall–Kier alpha value is -4.25. The highest BCUT2D eigenvalue weighted by Gasteiger charge is 2.39. The average Bonchev–Trinajstić information content (AvgIpc) is 3.41. The van der Waals surface area contributed by atoms with Gasteiger partial charge in [0, 0.05) is 43.4 Å². The van der Waals surface area contributed by atoms with Gasteiger partial charge >= 0.3 is 12.1 Å². The smallest absolute Gasteiger partial charge is 0.343 e. The zero-order valence-electron chi connectivity index (χ0n) is 21.2. The van der Waals surface area contributed by atoms with Crippen LogP contribution in [0, 0.1) is 12.8 Å². The van der Waals surface area contributed by atoms with Crippen molar-refractivity contribution in [2.45, 2.75) is 45.2 Å². The summed E-state index contributed by atoms with van der Waals surface area (Å²) in [5, 5.41) is 8.03. The zero-order valence-corrected chi connectivity index (χ0v) is 21.2. The van der Waals surface area contributed by atoms with E-state index in [0.717, 1.165) is 38.8 Å². The molecule has 11 heteroatoms. The minimum atomic E-state index is -0.693. The quantitative estimate of drug-likeness (QED) is 0.198. The lowest BCUT2D eigenvalue weighted by atomic mass is 9.94. The normalized spacial score (nSPS) is 16.9. The first kappa shape index (κ1) is 25.4. The fourth-order valence-corrected chi connectivity index (χ4v) is 5.57. The molecule has 5 rings (SSSR count). The first-order valence-electron chi connectivity index (χ1n) is 12.7. The molecule has 5 amide bonds. The fourth-order valence-electron chi connectivity index (χ4n) is 5.57. The third-order valence-corrected chi connectivity index (χ3v) is 7.53. The molecule has 38 heavy (non-hydrogen) atoms. The lowest BCUT2D eigenvalue weighted by Crippen LogP contribution is -2.58. The van der Waals surface area contributed by atoms with Gasteiger partial charge in [0.1, 0.15) is 6.29 Å². The molecule has 3 heterocycles. The molecule has 0 radical (unpaired) electrons. The molecule has 1 atom stereocenters. The number of H-pyrrole nitrogens is 1. The molecule has 4 N–H and O–H groups in total. The molecular weight excluding hydrogens is 486 g/mol. The highest BCUT2D eigenvalue weighted by Crippen LogP contribution is 2.32. The van der Waals surface area contributed by atoms with Crippen LogP contribution in [0.4, 0.5) is 15.3 Å². The maximum atomic E-state index is 13.3. The van der Waals surface area contributed by atoms with E-state index in [-0.39, 0.29) is 18.4 Å². The number of carbonyl (C=O) groups is 4. The van der Waals surface area contributed by atoms with Crippen molar-refractivity contribution in [1.82, 2.24) is 25.4 Å². The second kappa shape index (κ2) is 10.6. The van der Waals surface area contributed by atoms with Crippen LogP contribution >= 0.6 is 0 Å². The summed E-state index contributed by atoms with van der Waals surface area (Å²) in [7, 11) is 0. The molecule has 0 aliphatic carbocycles. The highest BCUT2D eigenvalue weighted by molar-refractivity contribution is 6.14. The molecule has 1 fully saturated rings. The number of fused-ring (bicyclic) bond motifs is 2. The van der Waals surface area contributed by atoms with Crippen LogP contribution in [0.5, 0.6) is 0 Å². The number of hydrogen-bond acceptors (Lipinski definition) is 6. The first-order valence-corrected chi connectivity index (χ1v) is 12.7. The number of aromatic amines is 1. The summed E-state index contributed by atoms with van der Waals surface area (Å²) in [4.78, 5) is 55.1. The Morgan fingerprint density at radius 2 is 2.00 bits per heavy atom. The number of amides is 5. The van der Waals surface area contributed by atoms with Crippen LogP contribution < -0.4 is 16.2 Å². The number of imide groups is 1. The van der Waals surface area contributed by atoms with Crippen molar-refractivity contribution < 1.29 is 19.2 Å². The molecule has 1 unspecified atom stereocenters. The first-order chi connectivity index (χ1) is 18.4. The van der Waals surface area contributed by atoms with Crippen molar-refractivity contribution in [3.05, 3.63) is 59.3 Å². The zero-order chi connectivity index (χ0) is 26.8. The Balaban J connectivity index is 1.20. The summed E-state index contributed by atoms with van der Waals surface area (Å²) in [6, 6.07) is 10.0. The van der Waals surface area contributed by atoms with Gasteiger partial charge in [0.2, 0.25) is 5.91 Å². The predicted molar refractivity (Wildman–Crippen MR) is 141 cm³/mol. The Morgan fingerprint density at radius 3 is 2.74 bits per heavy atom. The number of nitrogens with one attached hydrogen (secondary N) is 2. The predicted octanol–water partition coefficient (Wildman–Crippen LogP) is 2.64. The number of aryl methyl sites for hydroxylation is 1. The van der Waals surface area contributed by atoms with E-state index in [9.17, 15) is 19.2 Å². The molecule has 3 aromatic rings. The number of aromatic nitrogens is 2. The van der Waals surface area contributed by atoms with E-state index in [4.69, 9.17) is 5.84 Å². The van der Waals surface area contributed by atoms with Crippen LogP contribution in [0.15, 0.2) is 42.6 Å². The number of anilines is 1. The second-order valence-corrected chi connectivity index (χ2v) is 9.99. The largest absolute Gasteiger partial charge is 0.344 e. The van der Waals surface area contributed by atoms with E-state index in [1.165, 1.54) is 0 Å². The molecule has 198 valence electrons. The van der Waals surface area contributed by atoms with Crippen molar-refractivity contribution in [3.63, 3.8) is 0 Å². The van der Waals surface area contributed by atoms with E-state index >= 15 is 0 Å². The van der Waals surface area contributed by atoms with E-state index in [1.54, 1.807) is 28.1 Å². The van der Waals surface area contributed by atoms with E-state index in [1.807, 2.05) is 31.2 Å². The molecule has 0 bridgehead atoms. The second-order valence-electron chi connectivity index (χ2n) is 9.99. The molecule has 0 saturated carbocycles. The lowest BCUT2D eigenvalue weighted by molar-refractivity contribution is -0.135. The van der Waals surface area contributed by atoms with Gasteiger partial charge in [0.05, 0.1) is 17.4 Å². The Morgan fingerprint density at radius 1 is 1.24 bits per heavy atom. The number of piperidine rings is 1. The molecule has 0 spiro atoms. The molecule has 1 aromatic heterocycles. The van der Waals surface area contributed by atoms with Gasteiger partial charge in [-0.3, -0.25) is 15.3 Å². The van der Waals surface area contributed by atoms with Gasteiger partial charge < -0.3 is 14.6 Å². The number of hydrazine groups is 1. The van der Waals surface area contributed by atoms with Crippen molar-refractivity contribution in [1.29, 1.82) is 0 Å². The Kier molecular flexibility index (Phi) is 7.10. The van der Waals surface area contributed by atoms with Gasteiger partial charge in [-0.15, -0.1) is 0 Å². The standard InChI is InChI=1S/C27H31N7O4/c1-17-10-18(12-21-14-29-31-25(17)21)11-19(16-35)13-24(36)32-8-6-22(7-9-32)33-15-20-4-2-3-5-23(20)34(27(33)38)26(37)30-28/h2-5,10,12,14,16,19,22H,6-9,11,13,15,28H2,1H3,(H,29,31)(H,30,37). The number of nitrogens with two attached hydrogens (primary N) is 1. The average molecular weight is 518 g/mol. The summed E-state index contributed by atoms with van der Waals surface area (Å²) >= 11 is 0. The molecule has 1 saturated heterocycles. The topological polar surface area (TPSA) is 145 Å². The van der Waals surface area contributed by atoms with Gasteiger partial charge in [0.15, 0.2) is 0 Å². The van der Waals surface area contributed by atoms with Crippen LogP contribution in [0.25, 0.3) is 10.9 Å². The summed E-state index contributed by atoms with van der Waals surface area (Å²) in [5.41, 5.74) is 6.44. The summed E-state index contributed by atoms with van der Waals surface area (Å²) < 4.78 is 0. The van der Waals surface area contributed by atoms with Crippen LogP contribution in [0.1, 0.15) is 36.0 Å². The number of urea groups is 2. The minimum Gasteiger partial charge on any atom is -0.343 e. The maximum Gasteiger partial charge on any atom is 0.344 e. The molecular formula is C27H31N7O4. The maximum absolute atomic E-state index is 13.3. The van der Waals surface area contributed by atoms with Gasteiger partial charge in [0.25, 0.3) is 0 Å². The van der Waals surface area contributed by atoms with E-state index < -0.39 is 18.0 Å². The molecule has 2 aromatic carbocycles. The minimum absolute atomic E-state index is 0.0684. The number of likely N-dealkylation sites (tertiary alicyclic amines) is 1. The van der Waals surface area contributed by atoms with Crippen molar-refractivity contribution in [2.75, 3.05) is 18.0 Å². The monoisotopic (exact) mass is 517 g/mol. The summed E-state index contributed by atoms with van der Waals surface area (Å²) in [5.74, 6) is 4.85. The van der Waals surface area contributed by atoms with Gasteiger partial charge in [-0.2, -0.15) is 5.10 Å². The van der Waals surface area contributed by atoms with Crippen LogP contribution in [0.2, 0.25) is 0 Å². The number of carbonyl (C=O) groups excluding carboxylic acids is 4. The van der Waals surface area contributed by atoms with Gasteiger partial charge in [-0.1, -0.05) is 24.3 Å². The Bertz CT molecular complexity index is 1380. The van der Waals surface area contributed by atoms with E-state index in [2.05, 4.69) is 15.6 Å². The number of para-hydroxylation sites is 1. The number of aldehydes is 1. The summed E-state index contributed by atoms with van der Waals surface area (Å²) in [6.45, 7) is 3.32. The van der Waals surface area contributed by atoms with Gasteiger partial charge in [-0.05, 0) is 55.0 Å². The third kappa shape index (κ3) is 4.84. The SMILES string of the molecule is Cc1cc(CC(C=O)CC(=O)N2CCC(N3Cc4ccccc4N(C(=O)NN)C3=O)CC2)cc2cn[nH]c12. The molecule has 2 aliphatic rings. The fraction of sp³-hybridized carbons (Fsp3) is 0.370. The van der Waals surface area contributed by atoms with Crippen LogP contribution in [-0.2, 0) is 22.6 Å². The molecule has 11 nitrogen and oxygen atoms in total. The third-order valence-electron chi connectivity index (χ3n) is 7.53. The van der Waals surface area contributed by atoms with Crippen molar-refractivity contribution in [2.24, 2.45) is 11.8 Å². The number of rotatable bonds is 6. The number of benzene rings is 2.